The number of benzene rings is 3. The van der Waals surface area contributed by atoms with Gasteiger partial charge in [0.15, 0.2) is 16.7 Å². The number of hydrogen-bond acceptors (Lipinski definition) is 8. The second-order valence-corrected chi connectivity index (χ2v) is 9.40. The van der Waals surface area contributed by atoms with Crippen LogP contribution in [0.25, 0.3) is 16.3 Å². The summed E-state index contributed by atoms with van der Waals surface area (Å²) in [5, 5.41) is 11.3. The molecule has 8 nitrogen and oxygen atoms in total. The van der Waals surface area contributed by atoms with Crippen LogP contribution in [-0.2, 0) is 14.3 Å². The molecule has 1 N–H and O–H groups in total. The van der Waals surface area contributed by atoms with Crippen LogP contribution in [0.5, 0.6) is 5.75 Å². The number of amides is 1. The molecule has 1 aromatic heterocycles. The molecular formula is C29H22N2O6S. The first-order valence-electron chi connectivity index (χ1n) is 11.6. The Balaban J connectivity index is 1.60. The molecule has 4 aromatic rings. The zero-order chi connectivity index (χ0) is 26.8. The van der Waals surface area contributed by atoms with Crippen LogP contribution in [0.15, 0.2) is 90.2 Å². The van der Waals surface area contributed by atoms with E-state index in [1.54, 1.807) is 55.7 Å². The van der Waals surface area contributed by atoms with Gasteiger partial charge < -0.3 is 14.6 Å². The first-order valence-corrected chi connectivity index (χ1v) is 12.4. The minimum atomic E-state index is -0.968. The highest BCUT2D eigenvalue weighted by atomic mass is 32.1. The van der Waals surface area contributed by atoms with Gasteiger partial charge in [-0.15, -0.1) is 0 Å². The zero-order valence-electron chi connectivity index (χ0n) is 20.5. The van der Waals surface area contributed by atoms with Gasteiger partial charge in [-0.25, -0.2) is 9.78 Å². The molecule has 38 heavy (non-hydrogen) atoms. The number of anilines is 1. The number of allylic oxidation sites excluding steroid dienone is 1. The molecule has 1 amide bonds. The normalized spacial score (nSPS) is 15.5. The molecule has 0 radical (unpaired) electrons. The Hall–Kier alpha value is -4.76. The van der Waals surface area contributed by atoms with Crippen LogP contribution in [0.1, 0.15) is 27.5 Å². The Morgan fingerprint density at radius 3 is 2.45 bits per heavy atom. The molecule has 0 spiro atoms. The molecule has 2 heterocycles. The molecule has 190 valence electrons. The predicted molar refractivity (Wildman–Crippen MR) is 144 cm³/mol. The van der Waals surface area contributed by atoms with Crippen molar-refractivity contribution < 1.29 is 29.0 Å². The number of carbonyl (C=O) groups is 3. The monoisotopic (exact) mass is 526 g/mol. The third-order valence-electron chi connectivity index (χ3n) is 6.14. The van der Waals surface area contributed by atoms with Crippen molar-refractivity contribution in [1.82, 2.24) is 4.98 Å². The Kier molecular flexibility index (Phi) is 6.76. The summed E-state index contributed by atoms with van der Waals surface area (Å²) in [6, 6.07) is 19.9. The van der Waals surface area contributed by atoms with Crippen LogP contribution < -0.4 is 9.64 Å². The molecule has 3 aromatic carbocycles. The van der Waals surface area contributed by atoms with Gasteiger partial charge in [-0.05, 0) is 47.5 Å². The van der Waals surface area contributed by atoms with Crippen LogP contribution in [-0.4, -0.2) is 42.0 Å². The van der Waals surface area contributed by atoms with Gasteiger partial charge in [0.2, 0.25) is 0 Å². The third kappa shape index (κ3) is 4.55. The molecule has 1 atom stereocenters. The second-order valence-electron chi connectivity index (χ2n) is 8.39. The maximum atomic E-state index is 13.4. The van der Waals surface area contributed by atoms with E-state index >= 15 is 0 Å². The Morgan fingerprint density at radius 1 is 1.03 bits per heavy atom. The average molecular weight is 527 g/mol. The Labute approximate surface area is 222 Å². The van der Waals surface area contributed by atoms with E-state index in [-0.39, 0.29) is 5.57 Å². The maximum absolute atomic E-state index is 13.4. The number of ketones is 1. The van der Waals surface area contributed by atoms with Crippen molar-refractivity contribution in [2.24, 2.45) is 0 Å². The fraction of sp³-hybridized carbons (Fsp3) is 0.103. The van der Waals surface area contributed by atoms with Crippen LogP contribution in [0.4, 0.5) is 5.13 Å². The van der Waals surface area contributed by atoms with Crippen LogP contribution in [0.3, 0.4) is 0 Å². The SMILES string of the molecule is COC(=O)c1ccc(C2C(C(=O)C=Cc3ccccc3)=C(O)C(=O)N2c2nc3ccc(OC)cc3s2)cc1. The van der Waals surface area contributed by atoms with E-state index in [1.165, 1.54) is 29.4 Å². The van der Waals surface area contributed by atoms with E-state index in [4.69, 9.17) is 9.47 Å². The molecule has 0 bridgehead atoms. The first-order chi connectivity index (χ1) is 18.4. The van der Waals surface area contributed by atoms with Crippen molar-refractivity contribution in [1.29, 1.82) is 0 Å². The third-order valence-corrected chi connectivity index (χ3v) is 7.16. The minimum absolute atomic E-state index is 0.0789. The summed E-state index contributed by atoms with van der Waals surface area (Å²) in [7, 11) is 2.84. The molecular weight excluding hydrogens is 504 g/mol. The highest BCUT2D eigenvalue weighted by Crippen LogP contribution is 2.44. The summed E-state index contributed by atoms with van der Waals surface area (Å²) in [5.74, 6) is -1.79. The van der Waals surface area contributed by atoms with Gasteiger partial charge in [-0.2, -0.15) is 0 Å². The number of fused-ring (bicyclic) bond motifs is 1. The molecule has 0 aliphatic carbocycles. The number of ether oxygens (including phenoxy) is 2. The largest absolute Gasteiger partial charge is 0.503 e. The molecule has 0 fully saturated rings. The zero-order valence-corrected chi connectivity index (χ0v) is 21.3. The minimum Gasteiger partial charge on any atom is -0.503 e. The van der Waals surface area contributed by atoms with Gasteiger partial charge in [0.25, 0.3) is 5.91 Å². The number of aliphatic hydroxyl groups is 1. The second kappa shape index (κ2) is 10.3. The van der Waals surface area contributed by atoms with Gasteiger partial charge in [-0.3, -0.25) is 14.5 Å². The van der Waals surface area contributed by atoms with E-state index < -0.39 is 29.5 Å². The summed E-state index contributed by atoms with van der Waals surface area (Å²) < 4.78 is 10.8. The number of methoxy groups -OCH3 is 2. The lowest BCUT2D eigenvalue weighted by molar-refractivity contribution is -0.117. The molecule has 0 saturated carbocycles. The average Bonchev–Trinajstić information content (AvgIpc) is 3.49. The smallest absolute Gasteiger partial charge is 0.337 e. The van der Waals surface area contributed by atoms with Crippen LogP contribution >= 0.6 is 11.3 Å². The number of nitrogens with zero attached hydrogens (tertiary/aromatic N) is 2. The van der Waals surface area contributed by atoms with Gasteiger partial charge in [0.05, 0.1) is 41.6 Å². The quantitative estimate of drug-likeness (QED) is 0.258. The van der Waals surface area contributed by atoms with Crippen molar-refractivity contribution in [3.63, 3.8) is 0 Å². The summed E-state index contributed by atoms with van der Waals surface area (Å²) >= 11 is 1.24. The lowest BCUT2D eigenvalue weighted by atomic mass is 9.95. The number of aromatic nitrogens is 1. The summed E-state index contributed by atoms with van der Waals surface area (Å²) in [4.78, 5) is 44.7. The summed E-state index contributed by atoms with van der Waals surface area (Å²) in [6.07, 6.45) is 2.95. The van der Waals surface area contributed by atoms with E-state index in [0.29, 0.717) is 27.5 Å². The number of esters is 1. The van der Waals surface area contributed by atoms with E-state index in [9.17, 15) is 19.5 Å². The maximum Gasteiger partial charge on any atom is 0.337 e. The molecule has 1 aliphatic rings. The van der Waals surface area contributed by atoms with E-state index in [1.807, 2.05) is 30.3 Å². The molecule has 5 rings (SSSR count). The number of hydrogen-bond donors (Lipinski definition) is 1. The highest BCUT2D eigenvalue weighted by molar-refractivity contribution is 7.22. The Bertz CT molecular complexity index is 1610. The number of carbonyl (C=O) groups excluding carboxylic acids is 3. The van der Waals surface area contributed by atoms with Crippen molar-refractivity contribution in [2.75, 3.05) is 19.1 Å². The standard InChI is InChI=1S/C29H22N2O6S/c1-36-20-13-14-21-23(16-20)38-29(30-21)31-25(18-9-11-19(12-10-18)28(35)37-2)24(26(33)27(31)34)22(32)15-8-17-6-4-3-5-7-17/h3-16,25,33H,1-2H3. The predicted octanol–water partition coefficient (Wildman–Crippen LogP) is 5.27. The summed E-state index contributed by atoms with van der Waals surface area (Å²) in [6.45, 7) is 0. The molecule has 1 unspecified atom stereocenters. The van der Waals surface area contributed by atoms with E-state index in [2.05, 4.69) is 4.98 Å². The highest BCUT2D eigenvalue weighted by Gasteiger charge is 2.45. The first kappa shape index (κ1) is 24.9. The molecule has 9 heteroatoms. The van der Waals surface area contributed by atoms with Crippen molar-refractivity contribution in [3.8, 4) is 5.75 Å². The Morgan fingerprint density at radius 2 is 1.76 bits per heavy atom. The number of thiazole rings is 1. The number of rotatable bonds is 7. The van der Waals surface area contributed by atoms with E-state index in [0.717, 1.165) is 10.3 Å². The molecule has 1 aliphatic heterocycles. The topological polar surface area (TPSA) is 106 Å². The summed E-state index contributed by atoms with van der Waals surface area (Å²) in [5.41, 5.74) is 2.18. The van der Waals surface area contributed by atoms with Gasteiger partial charge >= 0.3 is 5.97 Å². The van der Waals surface area contributed by atoms with Crippen LogP contribution in [0.2, 0.25) is 0 Å². The van der Waals surface area contributed by atoms with Gasteiger partial charge in [-0.1, -0.05) is 59.9 Å². The molecule has 0 saturated heterocycles. The van der Waals surface area contributed by atoms with Gasteiger partial charge in [0, 0.05) is 0 Å². The fourth-order valence-electron chi connectivity index (χ4n) is 4.24. The lowest BCUT2D eigenvalue weighted by Gasteiger charge is -2.24. The lowest BCUT2D eigenvalue weighted by Crippen LogP contribution is -2.30. The fourth-order valence-corrected chi connectivity index (χ4v) is 5.26. The van der Waals surface area contributed by atoms with Crippen molar-refractivity contribution >= 4 is 50.4 Å². The van der Waals surface area contributed by atoms with Crippen molar-refractivity contribution in [3.05, 3.63) is 107 Å². The van der Waals surface area contributed by atoms with Gasteiger partial charge in [0.1, 0.15) is 5.75 Å². The van der Waals surface area contributed by atoms with Crippen molar-refractivity contribution in [2.45, 2.75) is 6.04 Å². The number of aliphatic hydroxyl groups excluding tert-OH is 1. The van der Waals surface area contributed by atoms with Crippen LogP contribution in [0, 0.1) is 0 Å².